The first-order chi connectivity index (χ1) is 11.5. The number of quaternary nitrogens is 1. The Labute approximate surface area is 146 Å². The van der Waals surface area contributed by atoms with Crippen LogP contribution in [0.15, 0.2) is 0 Å². The van der Waals surface area contributed by atoms with E-state index in [2.05, 4.69) is 0 Å². The Bertz CT molecular complexity index is 552. The molecule has 2 N–H and O–H groups in total. The number of likely N-dealkylation sites (N-methyl/N-ethyl adjacent to an activating group) is 1. The molecule has 0 rings (SSSR count). The molecule has 0 fully saturated rings. The molecule has 0 aromatic rings. The van der Waals surface area contributed by atoms with Crippen LogP contribution in [0.1, 0.15) is 6.42 Å². The van der Waals surface area contributed by atoms with Gasteiger partial charge in [-0.25, -0.2) is 8.42 Å². The number of sulfonamides is 1. The summed E-state index contributed by atoms with van der Waals surface area (Å²) < 4.78 is 113. The zero-order valence-electron chi connectivity index (χ0n) is 14.1. The Morgan fingerprint density at radius 3 is 1.77 bits per heavy atom. The normalized spacial score (nSPS) is 14.9. The number of nitrogens with zero attached hydrogens (tertiary/aromatic N) is 2. The van der Waals surface area contributed by atoms with Gasteiger partial charge >= 0.3 is 17.4 Å². The van der Waals surface area contributed by atoms with Crippen molar-refractivity contribution in [3.8, 4) is 0 Å². The van der Waals surface area contributed by atoms with E-state index < -0.39 is 47.1 Å². The average molecular weight is 423 g/mol. The van der Waals surface area contributed by atoms with Crippen molar-refractivity contribution in [1.29, 1.82) is 0 Å². The van der Waals surface area contributed by atoms with E-state index in [1.165, 1.54) is 0 Å². The van der Waals surface area contributed by atoms with Gasteiger partial charge in [-0.05, 0) is 0 Å². The molecule has 0 saturated carbocycles. The zero-order chi connectivity index (χ0) is 21.0. The maximum absolute atomic E-state index is 13.6. The van der Waals surface area contributed by atoms with Crippen molar-refractivity contribution in [3.63, 3.8) is 0 Å². The van der Waals surface area contributed by atoms with Crippen LogP contribution in [0.4, 0.5) is 30.7 Å². The second-order valence-electron chi connectivity index (χ2n) is 6.18. The van der Waals surface area contributed by atoms with Crippen molar-refractivity contribution < 1.29 is 53.8 Å². The van der Waals surface area contributed by atoms with Gasteiger partial charge in [0, 0.05) is 19.5 Å². The van der Waals surface area contributed by atoms with Crippen LogP contribution in [-0.2, 0) is 10.0 Å². The Morgan fingerprint density at radius 2 is 1.38 bits per heavy atom. The molecule has 0 aliphatic carbocycles. The van der Waals surface area contributed by atoms with E-state index in [0.29, 0.717) is 0 Å². The summed E-state index contributed by atoms with van der Waals surface area (Å²) in [5, 5.41) is 11.2. The fraction of sp³-hybridized carbons (Fsp3) is 1.00. The monoisotopic (exact) mass is 423 g/mol. The number of alkyl halides is 7. The third-order valence-corrected chi connectivity index (χ3v) is 5.56. The lowest BCUT2D eigenvalue weighted by Gasteiger charge is -2.33. The van der Waals surface area contributed by atoms with Gasteiger partial charge in [-0.2, -0.15) is 35.0 Å². The topological polar surface area (TPSA) is 77.8 Å². The van der Waals surface area contributed by atoms with Crippen LogP contribution in [0.25, 0.3) is 0 Å². The largest absolute Gasteiger partial charge is 0.461 e. The predicted octanol–water partition coefficient (Wildman–Crippen LogP) is 0.860. The van der Waals surface area contributed by atoms with Crippen LogP contribution < -0.4 is 0 Å². The highest BCUT2D eigenvalue weighted by Crippen LogP contribution is 2.49. The zero-order valence-corrected chi connectivity index (χ0v) is 14.9. The molecule has 0 aliphatic rings. The summed E-state index contributed by atoms with van der Waals surface area (Å²) in [6.45, 7) is -2.84. The highest BCUT2D eigenvalue weighted by atomic mass is 32.2. The van der Waals surface area contributed by atoms with Gasteiger partial charge < -0.3 is 14.7 Å². The lowest BCUT2D eigenvalue weighted by Crippen LogP contribution is -2.60. The van der Waals surface area contributed by atoms with Crippen LogP contribution in [0.2, 0.25) is 0 Å². The van der Waals surface area contributed by atoms with Gasteiger partial charge in [-0.3, -0.25) is 0 Å². The number of aliphatic hydroxyl groups is 2. The van der Waals surface area contributed by atoms with Crippen molar-refractivity contribution in [2.24, 2.45) is 0 Å². The highest BCUT2D eigenvalue weighted by molar-refractivity contribution is 7.90. The van der Waals surface area contributed by atoms with Crippen LogP contribution in [0.5, 0.6) is 0 Å². The standard InChI is InChI=1S/C12H22F7N2O4S/c1-21(2,7-9-23)6-3-4-20(5-8-22)26(24,25)12(18,19)10(13,14)11(15,16)17/h22-23H,3-9H2,1-2H3/q+1. The van der Waals surface area contributed by atoms with E-state index in [1.807, 2.05) is 0 Å². The molecule has 0 heterocycles. The van der Waals surface area contributed by atoms with Crippen LogP contribution >= 0.6 is 0 Å². The molecule has 26 heavy (non-hydrogen) atoms. The van der Waals surface area contributed by atoms with E-state index in [9.17, 15) is 39.2 Å². The van der Waals surface area contributed by atoms with Gasteiger partial charge in [0.1, 0.15) is 6.54 Å². The molecule has 14 heteroatoms. The third kappa shape index (κ3) is 5.41. The minimum Gasteiger partial charge on any atom is -0.395 e. The number of halogens is 7. The Hall–Kier alpha value is -0.700. The van der Waals surface area contributed by atoms with E-state index in [0.717, 1.165) is 0 Å². The van der Waals surface area contributed by atoms with E-state index >= 15 is 0 Å². The Balaban J connectivity index is 5.52. The molecule has 0 radical (unpaired) electrons. The lowest BCUT2D eigenvalue weighted by molar-refractivity contribution is -0.890. The molecule has 0 atom stereocenters. The quantitative estimate of drug-likeness (QED) is 0.382. The molecule has 0 spiro atoms. The average Bonchev–Trinajstić information content (AvgIpc) is 2.44. The summed E-state index contributed by atoms with van der Waals surface area (Å²) in [5.74, 6) is -6.81. The van der Waals surface area contributed by atoms with Crippen LogP contribution in [-0.4, -0.2) is 98.3 Å². The molecule has 0 bridgehead atoms. The van der Waals surface area contributed by atoms with Gasteiger partial charge in [-0.15, -0.1) is 0 Å². The summed E-state index contributed by atoms with van der Waals surface area (Å²) in [5.41, 5.74) is 0. The second-order valence-corrected chi connectivity index (χ2v) is 8.16. The molecule has 0 unspecified atom stereocenters. The molecule has 0 aromatic carbocycles. The smallest absolute Gasteiger partial charge is 0.395 e. The fourth-order valence-corrected chi connectivity index (χ4v) is 3.47. The molecular formula is C12H22F7N2O4S+. The number of hydrogen-bond acceptors (Lipinski definition) is 4. The van der Waals surface area contributed by atoms with Gasteiger partial charge in [0.25, 0.3) is 10.0 Å². The third-order valence-electron chi connectivity index (χ3n) is 3.61. The minimum atomic E-state index is -6.81. The van der Waals surface area contributed by atoms with Crippen molar-refractivity contribution >= 4 is 10.0 Å². The maximum atomic E-state index is 13.6. The van der Waals surface area contributed by atoms with Gasteiger partial charge in [0.15, 0.2) is 0 Å². The maximum Gasteiger partial charge on any atom is 0.461 e. The van der Waals surface area contributed by atoms with Crippen molar-refractivity contribution in [1.82, 2.24) is 4.31 Å². The van der Waals surface area contributed by atoms with E-state index in [1.54, 1.807) is 14.1 Å². The fourth-order valence-electron chi connectivity index (χ4n) is 2.01. The first kappa shape index (κ1) is 25.3. The van der Waals surface area contributed by atoms with E-state index in [-0.39, 0.29) is 34.9 Å². The first-order valence-electron chi connectivity index (χ1n) is 7.33. The Morgan fingerprint density at radius 1 is 0.885 bits per heavy atom. The summed E-state index contributed by atoms with van der Waals surface area (Å²) in [7, 11) is -3.21. The van der Waals surface area contributed by atoms with Gasteiger partial charge in [-0.1, -0.05) is 0 Å². The van der Waals surface area contributed by atoms with Crippen molar-refractivity contribution in [2.75, 3.05) is 53.5 Å². The van der Waals surface area contributed by atoms with Gasteiger partial charge in [0.2, 0.25) is 0 Å². The summed E-state index contributed by atoms with van der Waals surface area (Å²) in [6.07, 6.45) is -6.96. The van der Waals surface area contributed by atoms with E-state index in [4.69, 9.17) is 10.2 Å². The Kier molecular flexibility index (Phi) is 8.31. The first-order valence-corrected chi connectivity index (χ1v) is 8.77. The lowest BCUT2D eigenvalue weighted by atomic mass is 10.3. The second kappa shape index (κ2) is 8.54. The number of hydrogen-bond donors (Lipinski definition) is 2. The van der Waals surface area contributed by atoms with Crippen molar-refractivity contribution in [2.45, 2.75) is 23.8 Å². The number of aliphatic hydroxyl groups excluding tert-OH is 2. The SMILES string of the molecule is C[N+](C)(CCO)CCCN(CCO)S(=O)(=O)C(F)(F)C(F)(F)C(F)(F)F. The molecule has 0 aromatic heterocycles. The highest BCUT2D eigenvalue weighted by Gasteiger charge is 2.79. The van der Waals surface area contributed by atoms with Crippen LogP contribution in [0, 0.1) is 0 Å². The predicted molar refractivity (Wildman–Crippen MR) is 77.1 cm³/mol. The molecule has 158 valence electrons. The van der Waals surface area contributed by atoms with Crippen LogP contribution in [0.3, 0.4) is 0 Å². The summed E-state index contributed by atoms with van der Waals surface area (Å²) in [6, 6.07) is 0. The molecule has 0 aliphatic heterocycles. The van der Waals surface area contributed by atoms with Crippen molar-refractivity contribution in [3.05, 3.63) is 0 Å². The molecule has 0 saturated heterocycles. The van der Waals surface area contributed by atoms with Gasteiger partial charge in [0.05, 0.1) is 33.9 Å². The minimum absolute atomic E-state index is 0.110. The summed E-state index contributed by atoms with van der Waals surface area (Å²) >= 11 is 0. The summed E-state index contributed by atoms with van der Waals surface area (Å²) in [4.78, 5) is 0. The number of rotatable bonds is 11. The molecule has 6 nitrogen and oxygen atoms in total. The molecular weight excluding hydrogens is 401 g/mol. The molecule has 0 amide bonds.